The van der Waals surface area contributed by atoms with Crippen LogP contribution in [0.2, 0.25) is 26.2 Å². The SMILES string of the molecule is C[SiH](C)c1cccc(-c2ccccc2)c1[SiH](C)C. The van der Waals surface area contributed by atoms with Crippen molar-refractivity contribution in [2.24, 2.45) is 0 Å². The zero-order valence-corrected chi connectivity index (χ0v) is 14.1. The van der Waals surface area contributed by atoms with Gasteiger partial charge in [0.15, 0.2) is 0 Å². The van der Waals surface area contributed by atoms with E-state index in [1.54, 1.807) is 10.4 Å². The summed E-state index contributed by atoms with van der Waals surface area (Å²) in [4.78, 5) is 0. The first-order valence-corrected chi connectivity index (χ1v) is 12.6. The van der Waals surface area contributed by atoms with Gasteiger partial charge in [0.2, 0.25) is 0 Å². The largest absolute Gasteiger partial charge is 0.0682 e. The highest BCUT2D eigenvalue weighted by molar-refractivity contribution is 6.83. The summed E-state index contributed by atoms with van der Waals surface area (Å²) in [5.41, 5.74) is 2.86. The molecule has 0 nitrogen and oxygen atoms in total. The monoisotopic (exact) mass is 270 g/mol. The number of hydrogen-bond donors (Lipinski definition) is 0. The normalized spacial score (nSPS) is 11.2. The topological polar surface area (TPSA) is 0 Å². The molecule has 2 rings (SSSR count). The zero-order chi connectivity index (χ0) is 13.1. The molecule has 2 aromatic carbocycles. The van der Waals surface area contributed by atoms with Crippen molar-refractivity contribution in [1.82, 2.24) is 0 Å². The summed E-state index contributed by atoms with van der Waals surface area (Å²) in [6.07, 6.45) is 0. The summed E-state index contributed by atoms with van der Waals surface area (Å²) >= 11 is 0. The van der Waals surface area contributed by atoms with Gasteiger partial charge in [-0.25, -0.2) is 0 Å². The van der Waals surface area contributed by atoms with E-state index in [0.717, 1.165) is 0 Å². The van der Waals surface area contributed by atoms with Crippen LogP contribution in [-0.4, -0.2) is 17.6 Å². The Morgan fingerprint density at radius 3 is 1.89 bits per heavy atom. The minimum atomic E-state index is -0.799. The maximum Gasteiger partial charge on any atom is 0.0653 e. The average Bonchev–Trinajstić information content (AvgIpc) is 2.38. The fourth-order valence-corrected chi connectivity index (χ4v) is 7.52. The van der Waals surface area contributed by atoms with Crippen LogP contribution in [-0.2, 0) is 0 Å². The van der Waals surface area contributed by atoms with E-state index in [0.29, 0.717) is 0 Å². The highest BCUT2D eigenvalue weighted by atomic mass is 28.3. The van der Waals surface area contributed by atoms with Crippen LogP contribution in [0.5, 0.6) is 0 Å². The Hall–Kier alpha value is -1.13. The molecule has 0 radical (unpaired) electrons. The molecule has 0 aliphatic heterocycles. The molecule has 0 N–H and O–H groups in total. The Kier molecular flexibility index (Phi) is 4.20. The van der Waals surface area contributed by atoms with Gasteiger partial charge in [-0.2, -0.15) is 0 Å². The Bertz CT molecular complexity index is 516. The molecule has 18 heavy (non-hydrogen) atoms. The molecule has 2 heteroatoms. The summed E-state index contributed by atoms with van der Waals surface area (Å²) in [6, 6.07) is 17.8. The Labute approximate surface area is 114 Å². The van der Waals surface area contributed by atoms with Crippen LogP contribution in [0.4, 0.5) is 0 Å². The van der Waals surface area contributed by atoms with Crippen LogP contribution in [0.25, 0.3) is 11.1 Å². The summed E-state index contributed by atoms with van der Waals surface area (Å²) in [6.45, 7) is 9.76. The van der Waals surface area contributed by atoms with E-state index in [1.807, 2.05) is 0 Å². The van der Waals surface area contributed by atoms with E-state index in [-0.39, 0.29) is 0 Å². The van der Waals surface area contributed by atoms with E-state index < -0.39 is 17.6 Å². The smallest absolute Gasteiger partial charge is 0.0653 e. The molecule has 0 unspecified atom stereocenters. The molecule has 0 aromatic heterocycles. The number of benzene rings is 2. The summed E-state index contributed by atoms with van der Waals surface area (Å²) in [5, 5.41) is 3.38. The van der Waals surface area contributed by atoms with Gasteiger partial charge in [0, 0.05) is 0 Å². The third-order valence-electron chi connectivity index (χ3n) is 3.42. The lowest BCUT2D eigenvalue weighted by atomic mass is 10.1. The maximum atomic E-state index is 2.45. The molecule has 0 saturated carbocycles. The van der Waals surface area contributed by atoms with Crippen LogP contribution in [0.3, 0.4) is 0 Å². The van der Waals surface area contributed by atoms with Crippen molar-refractivity contribution in [2.75, 3.05) is 0 Å². The van der Waals surface area contributed by atoms with Gasteiger partial charge >= 0.3 is 0 Å². The van der Waals surface area contributed by atoms with Gasteiger partial charge in [-0.1, -0.05) is 85.1 Å². The summed E-state index contributed by atoms with van der Waals surface area (Å²) in [5.74, 6) is 0. The highest BCUT2D eigenvalue weighted by Crippen LogP contribution is 2.16. The highest BCUT2D eigenvalue weighted by Gasteiger charge is 2.15. The molecule has 0 heterocycles. The first-order valence-electron chi connectivity index (χ1n) is 6.79. The molecule has 0 spiro atoms. The van der Waals surface area contributed by atoms with E-state index >= 15 is 0 Å². The minimum Gasteiger partial charge on any atom is -0.0682 e. The van der Waals surface area contributed by atoms with Gasteiger partial charge in [-0.15, -0.1) is 0 Å². The predicted molar refractivity (Wildman–Crippen MR) is 88.9 cm³/mol. The third kappa shape index (κ3) is 2.65. The summed E-state index contributed by atoms with van der Waals surface area (Å²) < 4.78 is 0. The average molecular weight is 271 g/mol. The van der Waals surface area contributed by atoms with E-state index in [4.69, 9.17) is 0 Å². The van der Waals surface area contributed by atoms with Crippen LogP contribution in [0.1, 0.15) is 0 Å². The van der Waals surface area contributed by atoms with Gasteiger partial charge in [0.25, 0.3) is 0 Å². The van der Waals surface area contributed by atoms with Gasteiger partial charge < -0.3 is 0 Å². The third-order valence-corrected chi connectivity index (χ3v) is 7.30. The first-order chi connectivity index (χ1) is 8.61. The van der Waals surface area contributed by atoms with Crippen molar-refractivity contribution < 1.29 is 0 Å². The molecule has 2 aromatic rings. The van der Waals surface area contributed by atoms with Crippen molar-refractivity contribution >= 4 is 28.0 Å². The van der Waals surface area contributed by atoms with Crippen LogP contribution in [0, 0.1) is 0 Å². The molecule has 0 saturated heterocycles. The van der Waals surface area contributed by atoms with Gasteiger partial charge in [0.05, 0.1) is 17.6 Å². The lowest BCUT2D eigenvalue weighted by Gasteiger charge is -2.19. The molecular weight excluding hydrogens is 248 g/mol. The number of rotatable bonds is 3. The molecule has 0 bridgehead atoms. The predicted octanol–water partition coefficient (Wildman–Crippen LogP) is 2.74. The van der Waals surface area contributed by atoms with Crippen molar-refractivity contribution in [3.63, 3.8) is 0 Å². The quantitative estimate of drug-likeness (QED) is 0.752. The first kappa shape index (κ1) is 13.3. The van der Waals surface area contributed by atoms with Crippen LogP contribution < -0.4 is 10.4 Å². The van der Waals surface area contributed by atoms with E-state index in [2.05, 4.69) is 74.7 Å². The standard InChI is InChI=1S/C16H22Si2/c1-17(2)15-12-8-11-14(16(15)18(3)4)13-9-6-5-7-10-13/h5-12,17-18H,1-4H3. The van der Waals surface area contributed by atoms with Crippen molar-refractivity contribution in [3.05, 3.63) is 48.5 Å². The Balaban J connectivity index is 2.64. The zero-order valence-electron chi connectivity index (χ0n) is 11.8. The minimum absolute atomic E-state index is 0.741. The van der Waals surface area contributed by atoms with Gasteiger partial charge in [-0.05, 0) is 11.1 Å². The second-order valence-corrected chi connectivity index (χ2v) is 11.3. The molecule has 0 aliphatic carbocycles. The van der Waals surface area contributed by atoms with E-state index in [9.17, 15) is 0 Å². The lowest BCUT2D eigenvalue weighted by molar-refractivity contribution is 1.65. The molecule has 0 aliphatic rings. The molecular formula is C16H22Si2. The van der Waals surface area contributed by atoms with Gasteiger partial charge in [0.1, 0.15) is 0 Å². The van der Waals surface area contributed by atoms with Crippen molar-refractivity contribution in [1.29, 1.82) is 0 Å². The second-order valence-electron chi connectivity index (χ2n) is 5.48. The second kappa shape index (κ2) is 5.68. The molecule has 0 amide bonds. The van der Waals surface area contributed by atoms with Crippen LogP contribution in [0.15, 0.2) is 48.5 Å². The maximum absolute atomic E-state index is 2.45. The Morgan fingerprint density at radius 2 is 1.33 bits per heavy atom. The fourth-order valence-electron chi connectivity index (χ4n) is 2.60. The van der Waals surface area contributed by atoms with Crippen molar-refractivity contribution in [3.8, 4) is 11.1 Å². The molecule has 0 atom stereocenters. The molecule has 0 fully saturated rings. The van der Waals surface area contributed by atoms with Gasteiger partial charge in [-0.3, -0.25) is 0 Å². The summed E-state index contributed by atoms with van der Waals surface area (Å²) in [7, 11) is -1.54. The van der Waals surface area contributed by atoms with Crippen molar-refractivity contribution in [2.45, 2.75) is 26.2 Å². The fraction of sp³-hybridized carbons (Fsp3) is 0.250. The lowest BCUT2D eigenvalue weighted by Crippen LogP contribution is -2.45. The Morgan fingerprint density at radius 1 is 0.667 bits per heavy atom. The van der Waals surface area contributed by atoms with Crippen LogP contribution >= 0.6 is 0 Å². The molecule has 94 valence electrons. The number of hydrogen-bond acceptors (Lipinski definition) is 0. The van der Waals surface area contributed by atoms with E-state index in [1.165, 1.54) is 11.1 Å².